The maximum atomic E-state index is 5.62. The summed E-state index contributed by atoms with van der Waals surface area (Å²) in [7, 11) is 0. The summed E-state index contributed by atoms with van der Waals surface area (Å²) < 4.78 is 11.0. The van der Waals surface area contributed by atoms with Crippen LogP contribution in [0.1, 0.15) is 25.5 Å². The van der Waals surface area contributed by atoms with Gasteiger partial charge in [-0.3, -0.25) is 0 Å². The first kappa shape index (κ1) is 16.5. The van der Waals surface area contributed by atoms with Gasteiger partial charge in [0.15, 0.2) is 11.7 Å². The van der Waals surface area contributed by atoms with Crippen molar-refractivity contribution in [3.8, 4) is 11.3 Å². The van der Waals surface area contributed by atoms with Crippen molar-refractivity contribution in [1.29, 1.82) is 0 Å². The van der Waals surface area contributed by atoms with Crippen molar-refractivity contribution in [3.05, 3.63) is 42.1 Å². The zero-order chi connectivity index (χ0) is 16.6. The predicted octanol–water partition coefficient (Wildman–Crippen LogP) is 2.58. The Morgan fingerprint density at radius 1 is 1.29 bits per heavy atom. The van der Waals surface area contributed by atoms with E-state index in [1.165, 1.54) is 0 Å². The number of guanidine groups is 1. The normalized spacial score (nSPS) is 17.9. The molecule has 0 saturated carbocycles. The number of ether oxygens (including phenoxy) is 1. The number of hydrogen-bond donors (Lipinski definition) is 2. The molecule has 1 aromatic heterocycles. The van der Waals surface area contributed by atoms with Crippen LogP contribution in [-0.2, 0) is 11.3 Å². The summed E-state index contributed by atoms with van der Waals surface area (Å²) in [5, 5.41) is 10.7. The van der Waals surface area contributed by atoms with Crippen LogP contribution in [0.5, 0.6) is 0 Å². The largest absolute Gasteiger partial charge is 0.376 e. The highest BCUT2D eigenvalue weighted by atomic mass is 16.5. The quantitative estimate of drug-likeness (QED) is 0.630. The number of nitrogens with zero attached hydrogens (tertiary/aromatic N) is 2. The molecule has 6 nitrogen and oxygen atoms in total. The van der Waals surface area contributed by atoms with Crippen LogP contribution in [0.4, 0.5) is 0 Å². The van der Waals surface area contributed by atoms with Gasteiger partial charge < -0.3 is 19.9 Å². The SMILES string of the molecule is CCNC(=NCc1cc(-c2ccccc2)on1)NCC1CCCO1. The average Bonchev–Trinajstić information content (AvgIpc) is 3.30. The molecule has 0 spiro atoms. The highest BCUT2D eigenvalue weighted by molar-refractivity contribution is 5.79. The highest BCUT2D eigenvalue weighted by Crippen LogP contribution is 2.19. The molecule has 1 aliphatic heterocycles. The number of benzene rings is 1. The zero-order valence-corrected chi connectivity index (χ0v) is 14.0. The molecule has 2 heterocycles. The van der Waals surface area contributed by atoms with Gasteiger partial charge in [0.2, 0.25) is 0 Å². The molecule has 1 unspecified atom stereocenters. The number of aliphatic imine (C=N–C) groups is 1. The third kappa shape index (κ3) is 4.58. The van der Waals surface area contributed by atoms with E-state index in [2.05, 4.69) is 20.8 Å². The van der Waals surface area contributed by atoms with Crippen molar-refractivity contribution in [2.75, 3.05) is 19.7 Å². The predicted molar refractivity (Wildman–Crippen MR) is 93.7 cm³/mol. The van der Waals surface area contributed by atoms with Gasteiger partial charge >= 0.3 is 0 Å². The zero-order valence-electron chi connectivity index (χ0n) is 14.0. The molecule has 0 bridgehead atoms. The van der Waals surface area contributed by atoms with E-state index in [-0.39, 0.29) is 6.10 Å². The van der Waals surface area contributed by atoms with E-state index in [1.807, 2.05) is 43.3 Å². The van der Waals surface area contributed by atoms with Gasteiger partial charge in [-0.05, 0) is 19.8 Å². The van der Waals surface area contributed by atoms with Crippen molar-refractivity contribution >= 4 is 5.96 Å². The fraction of sp³-hybridized carbons (Fsp3) is 0.444. The fourth-order valence-electron chi connectivity index (χ4n) is 2.64. The summed E-state index contributed by atoms with van der Waals surface area (Å²) in [6.07, 6.45) is 2.53. The molecule has 1 aliphatic rings. The van der Waals surface area contributed by atoms with E-state index in [4.69, 9.17) is 9.26 Å². The van der Waals surface area contributed by atoms with Gasteiger partial charge in [0.1, 0.15) is 5.69 Å². The third-order valence-corrected chi connectivity index (χ3v) is 3.88. The Bertz CT molecular complexity index is 648. The van der Waals surface area contributed by atoms with Gasteiger partial charge in [0, 0.05) is 31.3 Å². The van der Waals surface area contributed by atoms with Crippen molar-refractivity contribution in [1.82, 2.24) is 15.8 Å². The molecule has 0 aliphatic carbocycles. The number of rotatable bonds is 6. The minimum absolute atomic E-state index is 0.283. The molecule has 1 aromatic carbocycles. The van der Waals surface area contributed by atoms with Gasteiger partial charge in [-0.25, -0.2) is 4.99 Å². The van der Waals surface area contributed by atoms with Crippen molar-refractivity contribution in [2.45, 2.75) is 32.4 Å². The van der Waals surface area contributed by atoms with Crippen LogP contribution in [0.25, 0.3) is 11.3 Å². The molecule has 1 atom stereocenters. The van der Waals surface area contributed by atoms with Crippen LogP contribution in [0.15, 0.2) is 45.9 Å². The standard InChI is InChI=1S/C18H24N4O2/c1-2-19-18(21-13-16-9-6-10-23-16)20-12-15-11-17(24-22-15)14-7-4-3-5-8-14/h3-5,7-8,11,16H,2,6,9-10,12-13H2,1H3,(H2,19,20,21). The molecule has 2 aromatic rings. The summed E-state index contributed by atoms with van der Waals surface area (Å²) in [4.78, 5) is 4.57. The Labute approximate surface area is 142 Å². The van der Waals surface area contributed by atoms with Gasteiger partial charge in [-0.1, -0.05) is 35.5 Å². The molecule has 0 amide bonds. The molecule has 2 N–H and O–H groups in total. The smallest absolute Gasteiger partial charge is 0.191 e. The summed E-state index contributed by atoms with van der Waals surface area (Å²) in [5.74, 6) is 1.54. The minimum Gasteiger partial charge on any atom is -0.376 e. The first-order chi connectivity index (χ1) is 11.8. The Hall–Kier alpha value is -2.34. The lowest BCUT2D eigenvalue weighted by Crippen LogP contribution is -2.41. The molecule has 1 fully saturated rings. The second kappa shape index (κ2) is 8.49. The summed E-state index contributed by atoms with van der Waals surface area (Å²) in [6.45, 7) is 4.97. The summed E-state index contributed by atoms with van der Waals surface area (Å²) in [6, 6.07) is 11.9. The molecule has 24 heavy (non-hydrogen) atoms. The topological polar surface area (TPSA) is 71.7 Å². The van der Waals surface area contributed by atoms with Crippen LogP contribution in [0, 0.1) is 0 Å². The Morgan fingerprint density at radius 3 is 2.92 bits per heavy atom. The van der Waals surface area contributed by atoms with Gasteiger partial charge in [-0.15, -0.1) is 0 Å². The Balaban J connectivity index is 1.58. The van der Waals surface area contributed by atoms with Crippen LogP contribution < -0.4 is 10.6 Å². The third-order valence-electron chi connectivity index (χ3n) is 3.88. The maximum Gasteiger partial charge on any atom is 0.191 e. The second-order valence-electron chi connectivity index (χ2n) is 5.76. The van der Waals surface area contributed by atoms with Gasteiger partial charge in [0.05, 0.1) is 12.6 Å². The Kier molecular flexibility index (Phi) is 5.85. The summed E-state index contributed by atoms with van der Waals surface area (Å²) in [5.41, 5.74) is 1.83. The molecule has 3 rings (SSSR count). The molecular formula is C18H24N4O2. The van der Waals surface area contributed by atoms with Crippen molar-refractivity contribution in [2.24, 2.45) is 4.99 Å². The monoisotopic (exact) mass is 328 g/mol. The van der Waals surface area contributed by atoms with Crippen molar-refractivity contribution in [3.63, 3.8) is 0 Å². The van der Waals surface area contributed by atoms with E-state index < -0.39 is 0 Å². The minimum atomic E-state index is 0.283. The van der Waals surface area contributed by atoms with Crippen LogP contribution in [-0.4, -0.2) is 36.9 Å². The van der Waals surface area contributed by atoms with Crippen molar-refractivity contribution < 1.29 is 9.26 Å². The lowest BCUT2D eigenvalue weighted by Gasteiger charge is -2.14. The first-order valence-corrected chi connectivity index (χ1v) is 8.50. The van der Waals surface area contributed by atoms with E-state index in [1.54, 1.807) is 0 Å². The summed E-state index contributed by atoms with van der Waals surface area (Å²) >= 11 is 0. The highest BCUT2D eigenvalue weighted by Gasteiger charge is 2.15. The number of hydrogen-bond acceptors (Lipinski definition) is 4. The van der Waals surface area contributed by atoms with Gasteiger partial charge in [-0.2, -0.15) is 0 Å². The fourth-order valence-corrected chi connectivity index (χ4v) is 2.64. The second-order valence-corrected chi connectivity index (χ2v) is 5.76. The van der Waals surface area contributed by atoms with Crippen LogP contribution in [0.3, 0.4) is 0 Å². The Morgan fingerprint density at radius 2 is 2.17 bits per heavy atom. The number of aromatic nitrogens is 1. The van der Waals surface area contributed by atoms with Gasteiger partial charge in [0.25, 0.3) is 0 Å². The number of nitrogens with one attached hydrogen (secondary N) is 2. The van der Waals surface area contributed by atoms with E-state index in [9.17, 15) is 0 Å². The average molecular weight is 328 g/mol. The lowest BCUT2D eigenvalue weighted by molar-refractivity contribution is 0.114. The maximum absolute atomic E-state index is 5.62. The van der Waals surface area contributed by atoms with E-state index in [0.717, 1.165) is 55.5 Å². The molecule has 0 radical (unpaired) electrons. The van der Waals surface area contributed by atoms with Crippen LogP contribution in [0.2, 0.25) is 0 Å². The molecule has 128 valence electrons. The van der Waals surface area contributed by atoms with E-state index >= 15 is 0 Å². The molecular weight excluding hydrogens is 304 g/mol. The van der Waals surface area contributed by atoms with Crippen LogP contribution >= 0.6 is 0 Å². The molecule has 6 heteroatoms. The lowest BCUT2D eigenvalue weighted by atomic mass is 10.2. The first-order valence-electron chi connectivity index (χ1n) is 8.50. The molecule has 1 saturated heterocycles. The van der Waals surface area contributed by atoms with E-state index in [0.29, 0.717) is 6.54 Å².